The fourth-order valence-electron chi connectivity index (χ4n) is 2.15. The second-order valence-corrected chi connectivity index (χ2v) is 5.17. The number of aliphatic hydroxyl groups excluding tert-OH is 2. The second kappa shape index (κ2) is 5.32. The Kier molecular flexibility index (Phi) is 4.45. The number of carbonyl (C=O) groups is 1. The molecule has 1 rings (SSSR count). The number of hydrogen-bond acceptors (Lipinski definition) is 5. The van der Waals surface area contributed by atoms with Crippen molar-refractivity contribution in [1.29, 1.82) is 0 Å². The molecule has 0 aromatic heterocycles. The van der Waals surface area contributed by atoms with Crippen LogP contribution < -0.4 is 0 Å². The van der Waals surface area contributed by atoms with E-state index in [0.29, 0.717) is 12.8 Å². The quantitative estimate of drug-likeness (QED) is 0.768. The van der Waals surface area contributed by atoms with Crippen LogP contribution in [0.2, 0.25) is 0 Å². The first kappa shape index (κ1) is 15.0. The van der Waals surface area contributed by atoms with Crippen LogP contribution in [0.4, 0.5) is 0 Å². The van der Waals surface area contributed by atoms with Gasteiger partial charge in [-0.2, -0.15) is 10.2 Å². The van der Waals surface area contributed by atoms with Crippen LogP contribution in [0.3, 0.4) is 0 Å². The van der Waals surface area contributed by atoms with Crippen LogP contribution in [-0.2, 0) is 4.79 Å². The van der Waals surface area contributed by atoms with Gasteiger partial charge in [0.2, 0.25) is 0 Å². The van der Waals surface area contributed by atoms with Crippen molar-refractivity contribution in [2.24, 2.45) is 10.2 Å². The van der Waals surface area contributed by atoms with E-state index in [1.54, 1.807) is 13.8 Å². The lowest BCUT2D eigenvalue weighted by molar-refractivity contribution is -0.155. The summed E-state index contributed by atoms with van der Waals surface area (Å²) < 4.78 is 0. The highest BCUT2D eigenvalue weighted by molar-refractivity contribution is 5.87. The van der Waals surface area contributed by atoms with Crippen LogP contribution >= 0.6 is 0 Å². The molecule has 2 atom stereocenters. The minimum atomic E-state index is -1.03. The molecular formula is C12H23N3O3. The van der Waals surface area contributed by atoms with Gasteiger partial charge in [-0.05, 0) is 26.7 Å². The third-order valence-corrected chi connectivity index (χ3v) is 3.54. The van der Waals surface area contributed by atoms with Gasteiger partial charge in [-0.25, -0.2) is 0 Å². The van der Waals surface area contributed by atoms with Gasteiger partial charge in [0, 0.05) is 0 Å². The van der Waals surface area contributed by atoms with E-state index in [1.807, 2.05) is 13.8 Å². The number of amides is 1. The predicted octanol–water partition coefficient (Wildman–Crippen LogP) is 0.929. The van der Waals surface area contributed by atoms with Gasteiger partial charge in [0.15, 0.2) is 11.2 Å². The van der Waals surface area contributed by atoms with Gasteiger partial charge in [0.1, 0.15) is 0 Å². The Morgan fingerprint density at radius 2 is 1.89 bits per heavy atom. The highest BCUT2D eigenvalue weighted by Gasteiger charge is 2.50. The fraction of sp³-hybridized carbons (Fsp3) is 0.917. The molecule has 18 heavy (non-hydrogen) atoms. The molecule has 6 heteroatoms. The maximum atomic E-state index is 12.5. The Labute approximate surface area is 108 Å². The Morgan fingerprint density at radius 3 is 2.28 bits per heavy atom. The fourth-order valence-corrected chi connectivity index (χ4v) is 2.15. The van der Waals surface area contributed by atoms with Crippen molar-refractivity contribution in [3.05, 3.63) is 0 Å². The molecule has 0 saturated heterocycles. The molecule has 0 spiro atoms. The van der Waals surface area contributed by atoms with E-state index >= 15 is 0 Å². The average Bonchev–Trinajstić information content (AvgIpc) is 2.37. The minimum absolute atomic E-state index is 0.143. The molecule has 0 aliphatic carbocycles. The molecule has 1 aliphatic heterocycles. The zero-order valence-corrected chi connectivity index (χ0v) is 11.6. The molecular weight excluding hydrogens is 234 g/mol. The minimum Gasteiger partial charge on any atom is -0.394 e. The lowest BCUT2D eigenvalue weighted by Crippen LogP contribution is -2.64. The van der Waals surface area contributed by atoms with Gasteiger partial charge in [-0.1, -0.05) is 13.8 Å². The maximum absolute atomic E-state index is 12.5. The van der Waals surface area contributed by atoms with E-state index in [2.05, 4.69) is 10.2 Å². The van der Waals surface area contributed by atoms with E-state index in [9.17, 15) is 15.0 Å². The van der Waals surface area contributed by atoms with Gasteiger partial charge in [0.05, 0.1) is 19.3 Å². The second-order valence-electron chi connectivity index (χ2n) is 5.17. The van der Waals surface area contributed by atoms with Crippen molar-refractivity contribution in [3.63, 3.8) is 0 Å². The first-order valence-corrected chi connectivity index (χ1v) is 6.38. The Balaban J connectivity index is 3.28. The summed E-state index contributed by atoms with van der Waals surface area (Å²) in [7, 11) is 0. The van der Waals surface area contributed by atoms with Crippen molar-refractivity contribution in [3.8, 4) is 0 Å². The Morgan fingerprint density at radius 1 is 1.28 bits per heavy atom. The molecule has 0 radical (unpaired) electrons. The lowest BCUT2D eigenvalue weighted by Gasteiger charge is -2.47. The summed E-state index contributed by atoms with van der Waals surface area (Å²) >= 11 is 0. The average molecular weight is 257 g/mol. The Hall–Kier alpha value is -1.01. The van der Waals surface area contributed by atoms with Crippen LogP contribution in [0.25, 0.3) is 0 Å². The predicted molar refractivity (Wildman–Crippen MR) is 67.1 cm³/mol. The van der Waals surface area contributed by atoms with Gasteiger partial charge >= 0.3 is 0 Å². The van der Waals surface area contributed by atoms with Gasteiger partial charge in [-0.3, -0.25) is 4.79 Å². The van der Waals surface area contributed by atoms with Crippen LogP contribution in [0, 0.1) is 0 Å². The standard InChI is InChI=1S/C12H23N3O3/c1-5-9(7-16)15-10(18)11(3,4)13-14-12(15,6-2)8-17/h9,16-17H,5-8H2,1-4H3. The molecule has 0 bridgehead atoms. The number of azo groups is 1. The van der Waals surface area contributed by atoms with Crippen molar-refractivity contribution < 1.29 is 15.0 Å². The van der Waals surface area contributed by atoms with E-state index in [1.165, 1.54) is 4.90 Å². The molecule has 6 nitrogen and oxygen atoms in total. The van der Waals surface area contributed by atoms with Crippen LogP contribution in [0.5, 0.6) is 0 Å². The third-order valence-electron chi connectivity index (χ3n) is 3.54. The summed E-state index contributed by atoms with van der Waals surface area (Å²) in [4.78, 5) is 14.0. The first-order valence-electron chi connectivity index (χ1n) is 6.38. The van der Waals surface area contributed by atoms with E-state index < -0.39 is 11.2 Å². The molecule has 0 aromatic carbocycles. The number of carbonyl (C=O) groups excluding carboxylic acids is 1. The molecule has 0 fully saturated rings. The van der Waals surface area contributed by atoms with E-state index in [4.69, 9.17) is 0 Å². The summed E-state index contributed by atoms with van der Waals surface area (Å²) in [6, 6.07) is -0.344. The summed E-state index contributed by atoms with van der Waals surface area (Å²) in [5, 5.41) is 27.3. The molecule has 2 N–H and O–H groups in total. The maximum Gasteiger partial charge on any atom is 0.254 e. The first-order chi connectivity index (χ1) is 8.38. The monoisotopic (exact) mass is 257 g/mol. The van der Waals surface area contributed by atoms with Crippen molar-refractivity contribution in [1.82, 2.24) is 4.90 Å². The highest BCUT2D eigenvalue weighted by atomic mass is 16.3. The summed E-state index contributed by atoms with van der Waals surface area (Å²) in [5.74, 6) is -0.200. The summed E-state index contributed by atoms with van der Waals surface area (Å²) in [5.41, 5.74) is -1.97. The van der Waals surface area contributed by atoms with Gasteiger partial charge in [-0.15, -0.1) is 0 Å². The number of nitrogens with zero attached hydrogens (tertiary/aromatic N) is 3. The normalized spacial score (nSPS) is 28.6. The lowest BCUT2D eigenvalue weighted by atomic mass is 9.94. The molecule has 1 amide bonds. The van der Waals surface area contributed by atoms with Crippen LogP contribution in [0.15, 0.2) is 10.2 Å². The van der Waals surface area contributed by atoms with Gasteiger partial charge in [0.25, 0.3) is 5.91 Å². The van der Waals surface area contributed by atoms with Gasteiger partial charge < -0.3 is 15.1 Å². The largest absolute Gasteiger partial charge is 0.394 e. The molecule has 0 aromatic rings. The molecule has 104 valence electrons. The zero-order valence-electron chi connectivity index (χ0n) is 11.6. The molecule has 0 saturated carbocycles. The number of rotatable bonds is 5. The smallest absolute Gasteiger partial charge is 0.254 e. The summed E-state index contributed by atoms with van der Waals surface area (Å²) in [6.07, 6.45) is 1.07. The molecule has 1 aliphatic rings. The number of aliphatic hydroxyl groups is 2. The SMILES string of the molecule is CCC(CO)N1C(=O)C(C)(C)N=NC1(CC)CO. The van der Waals surface area contributed by atoms with Crippen molar-refractivity contribution >= 4 is 5.91 Å². The third kappa shape index (κ3) is 2.27. The van der Waals surface area contributed by atoms with Crippen molar-refractivity contribution in [2.75, 3.05) is 13.2 Å². The molecule has 2 unspecified atom stereocenters. The number of hydrogen-bond donors (Lipinski definition) is 2. The van der Waals surface area contributed by atoms with Crippen molar-refractivity contribution in [2.45, 2.75) is 57.8 Å². The van der Waals surface area contributed by atoms with Crippen LogP contribution in [-0.4, -0.2) is 51.5 Å². The summed E-state index contributed by atoms with van der Waals surface area (Å²) in [6.45, 7) is 6.68. The van der Waals surface area contributed by atoms with E-state index in [0.717, 1.165) is 0 Å². The highest BCUT2D eigenvalue weighted by Crippen LogP contribution is 2.34. The topological polar surface area (TPSA) is 85.5 Å². The molecule has 1 heterocycles. The van der Waals surface area contributed by atoms with Crippen LogP contribution in [0.1, 0.15) is 40.5 Å². The zero-order chi connectivity index (χ0) is 14.0. The van der Waals surface area contributed by atoms with E-state index in [-0.39, 0.29) is 25.2 Å². The Bertz CT molecular complexity index is 333.